The maximum Gasteiger partial charge on any atom is 0.240 e. The molecule has 0 saturated heterocycles. The van der Waals surface area contributed by atoms with Crippen LogP contribution in [0, 0.1) is 11.3 Å². The number of hydrogen-bond acceptors (Lipinski definition) is 4. The highest BCUT2D eigenvalue weighted by molar-refractivity contribution is 7.89. The molecule has 6 heteroatoms. The monoisotopic (exact) mass is 301 g/mol. The highest BCUT2D eigenvalue weighted by atomic mass is 32.2. The third kappa shape index (κ3) is 3.67. The largest absolute Gasteiger partial charge is 0.326 e. The predicted octanol–water partition coefficient (Wildman–Crippen LogP) is 1.50. The van der Waals surface area contributed by atoms with Crippen molar-refractivity contribution in [3.8, 4) is 6.07 Å². The van der Waals surface area contributed by atoms with Crippen molar-refractivity contribution in [1.82, 2.24) is 4.72 Å². The van der Waals surface area contributed by atoms with Gasteiger partial charge in [0, 0.05) is 13.1 Å². The van der Waals surface area contributed by atoms with Crippen LogP contribution in [-0.2, 0) is 23.1 Å². The summed E-state index contributed by atoms with van der Waals surface area (Å²) in [5, 5.41) is 8.82. The highest BCUT2D eigenvalue weighted by Gasteiger charge is 2.14. The summed E-state index contributed by atoms with van der Waals surface area (Å²) >= 11 is 0. The van der Waals surface area contributed by atoms with E-state index in [9.17, 15) is 8.42 Å². The van der Waals surface area contributed by atoms with Gasteiger partial charge in [-0.3, -0.25) is 0 Å². The molecule has 0 unspecified atom stereocenters. The summed E-state index contributed by atoms with van der Waals surface area (Å²) in [4.78, 5) is 0.0757. The molecule has 0 amide bonds. The second-order valence-electron chi connectivity index (χ2n) is 4.44. The maximum absolute atomic E-state index is 12.2. The first kappa shape index (κ1) is 15.2. The van der Waals surface area contributed by atoms with E-state index in [1.807, 2.05) is 30.3 Å². The summed E-state index contributed by atoms with van der Waals surface area (Å²) in [6.45, 7) is 0.508. The standard InChI is InChI=1S/C15H15N3O2S/c16-9-12-4-3-7-15(8-12)21(19,20)18-11-14-6-2-1-5-13(14)10-17/h1-8,18H,10-11,17H2. The Morgan fingerprint density at radius 3 is 2.48 bits per heavy atom. The second kappa shape index (κ2) is 6.50. The molecule has 0 heterocycles. The van der Waals surface area contributed by atoms with Gasteiger partial charge in [-0.25, -0.2) is 13.1 Å². The Hall–Kier alpha value is -2.20. The third-order valence-electron chi connectivity index (χ3n) is 3.06. The van der Waals surface area contributed by atoms with Gasteiger partial charge in [0.25, 0.3) is 0 Å². The first-order valence-electron chi connectivity index (χ1n) is 6.33. The van der Waals surface area contributed by atoms with Crippen LogP contribution in [0.25, 0.3) is 0 Å². The van der Waals surface area contributed by atoms with Gasteiger partial charge < -0.3 is 5.73 Å². The quantitative estimate of drug-likeness (QED) is 0.874. The lowest BCUT2D eigenvalue weighted by atomic mass is 10.1. The SMILES string of the molecule is N#Cc1cccc(S(=O)(=O)NCc2ccccc2CN)c1. The van der Waals surface area contributed by atoms with E-state index in [1.165, 1.54) is 12.1 Å². The molecule has 0 aromatic heterocycles. The first-order valence-corrected chi connectivity index (χ1v) is 7.82. The molecule has 0 radical (unpaired) electrons. The minimum atomic E-state index is -3.66. The van der Waals surface area contributed by atoms with E-state index in [0.717, 1.165) is 11.1 Å². The van der Waals surface area contributed by atoms with Crippen LogP contribution in [0.1, 0.15) is 16.7 Å². The predicted molar refractivity (Wildman–Crippen MR) is 79.5 cm³/mol. The molecule has 21 heavy (non-hydrogen) atoms. The van der Waals surface area contributed by atoms with Crippen molar-refractivity contribution in [2.75, 3.05) is 0 Å². The lowest BCUT2D eigenvalue weighted by Gasteiger charge is -2.10. The Kier molecular flexibility index (Phi) is 4.70. The summed E-state index contributed by atoms with van der Waals surface area (Å²) in [6, 6.07) is 15.2. The van der Waals surface area contributed by atoms with E-state index < -0.39 is 10.0 Å². The van der Waals surface area contributed by atoms with E-state index in [1.54, 1.807) is 12.1 Å². The number of nitriles is 1. The van der Waals surface area contributed by atoms with Gasteiger partial charge in [-0.1, -0.05) is 30.3 Å². The van der Waals surface area contributed by atoms with Gasteiger partial charge in [0.05, 0.1) is 16.5 Å². The zero-order valence-electron chi connectivity index (χ0n) is 11.3. The lowest BCUT2D eigenvalue weighted by Crippen LogP contribution is -2.24. The van der Waals surface area contributed by atoms with E-state index in [0.29, 0.717) is 12.1 Å². The number of rotatable bonds is 5. The molecule has 0 atom stereocenters. The molecule has 0 aliphatic rings. The molecule has 0 saturated carbocycles. The van der Waals surface area contributed by atoms with Gasteiger partial charge in [-0.2, -0.15) is 5.26 Å². The van der Waals surface area contributed by atoms with Crippen LogP contribution in [-0.4, -0.2) is 8.42 Å². The Morgan fingerprint density at radius 2 is 1.81 bits per heavy atom. The first-order chi connectivity index (χ1) is 10.1. The number of nitrogens with two attached hydrogens (primary N) is 1. The van der Waals surface area contributed by atoms with Crippen molar-refractivity contribution in [2.24, 2.45) is 5.73 Å². The molecule has 5 nitrogen and oxygen atoms in total. The smallest absolute Gasteiger partial charge is 0.240 e. The lowest BCUT2D eigenvalue weighted by molar-refractivity contribution is 0.581. The molecular formula is C15H15N3O2S. The van der Waals surface area contributed by atoms with Crippen LogP contribution >= 0.6 is 0 Å². The molecule has 2 rings (SSSR count). The van der Waals surface area contributed by atoms with Crippen molar-refractivity contribution >= 4 is 10.0 Å². The van der Waals surface area contributed by atoms with Crippen molar-refractivity contribution in [3.63, 3.8) is 0 Å². The molecule has 2 aromatic rings. The number of sulfonamides is 1. The minimum absolute atomic E-state index is 0.0757. The van der Waals surface area contributed by atoms with Gasteiger partial charge in [0.2, 0.25) is 10.0 Å². The second-order valence-corrected chi connectivity index (χ2v) is 6.20. The Balaban J connectivity index is 2.20. The molecule has 0 aliphatic heterocycles. The maximum atomic E-state index is 12.2. The van der Waals surface area contributed by atoms with Gasteiger partial charge in [0.15, 0.2) is 0 Å². The van der Waals surface area contributed by atoms with E-state index >= 15 is 0 Å². The molecular weight excluding hydrogens is 286 g/mol. The minimum Gasteiger partial charge on any atom is -0.326 e. The molecule has 0 aliphatic carbocycles. The fourth-order valence-electron chi connectivity index (χ4n) is 1.92. The Morgan fingerprint density at radius 1 is 1.10 bits per heavy atom. The Bertz CT molecular complexity index is 780. The summed E-state index contributed by atoms with van der Waals surface area (Å²) < 4.78 is 27.0. The number of nitrogens with zero attached hydrogens (tertiary/aromatic N) is 1. The van der Waals surface area contributed by atoms with Gasteiger partial charge in [0.1, 0.15) is 0 Å². The number of nitrogens with one attached hydrogen (secondary N) is 1. The average molecular weight is 301 g/mol. The molecule has 0 bridgehead atoms. The van der Waals surface area contributed by atoms with Crippen molar-refractivity contribution in [1.29, 1.82) is 5.26 Å². The van der Waals surface area contributed by atoms with E-state index in [-0.39, 0.29) is 11.4 Å². The van der Waals surface area contributed by atoms with Crippen LogP contribution in [0.15, 0.2) is 53.4 Å². The zero-order chi connectivity index (χ0) is 15.3. The zero-order valence-corrected chi connectivity index (χ0v) is 12.1. The van der Waals surface area contributed by atoms with E-state index in [4.69, 9.17) is 11.0 Å². The normalized spacial score (nSPS) is 11.0. The van der Waals surface area contributed by atoms with Crippen LogP contribution in [0.5, 0.6) is 0 Å². The fourth-order valence-corrected chi connectivity index (χ4v) is 2.97. The van der Waals surface area contributed by atoms with Crippen LogP contribution < -0.4 is 10.5 Å². The van der Waals surface area contributed by atoms with E-state index in [2.05, 4.69) is 4.72 Å². The summed E-state index contributed by atoms with van der Waals surface area (Å²) in [5.74, 6) is 0. The van der Waals surface area contributed by atoms with Gasteiger partial charge in [-0.05, 0) is 29.3 Å². The molecule has 3 N–H and O–H groups in total. The topological polar surface area (TPSA) is 96.0 Å². The van der Waals surface area contributed by atoms with Gasteiger partial charge >= 0.3 is 0 Å². The summed E-state index contributed by atoms with van der Waals surface area (Å²) in [7, 11) is -3.66. The average Bonchev–Trinajstić information content (AvgIpc) is 2.53. The molecule has 0 fully saturated rings. The number of benzene rings is 2. The summed E-state index contributed by atoms with van der Waals surface area (Å²) in [5.41, 5.74) is 7.66. The molecule has 2 aromatic carbocycles. The number of hydrogen-bond donors (Lipinski definition) is 2. The van der Waals surface area contributed by atoms with Crippen LogP contribution in [0.2, 0.25) is 0 Å². The van der Waals surface area contributed by atoms with Crippen molar-refractivity contribution in [3.05, 3.63) is 65.2 Å². The molecule has 108 valence electrons. The van der Waals surface area contributed by atoms with Crippen molar-refractivity contribution in [2.45, 2.75) is 18.0 Å². The third-order valence-corrected chi connectivity index (χ3v) is 4.46. The fraction of sp³-hybridized carbons (Fsp3) is 0.133. The molecule has 0 spiro atoms. The van der Waals surface area contributed by atoms with Crippen molar-refractivity contribution < 1.29 is 8.42 Å². The Labute approximate surface area is 124 Å². The van der Waals surface area contributed by atoms with Gasteiger partial charge in [-0.15, -0.1) is 0 Å². The van der Waals surface area contributed by atoms with Crippen LogP contribution in [0.3, 0.4) is 0 Å². The highest BCUT2D eigenvalue weighted by Crippen LogP contribution is 2.13. The summed E-state index contributed by atoms with van der Waals surface area (Å²) in [6.07, 6.45) is 0. The van der Waals surface area contributed by atoms with Crippen LogP contribution in [0.4, 0.5) is 0 Å².